The van der Waals surface area contributed by atoms with Crippen LogP contribution in [0.4, 0.5) is 0 Å². The van der Waals surface area contributed by atoms with Crippen LogP contribution in [-0.4, -0.2) is 23.7 Å². The van der Waals surface area contributed by atoms with Gasteiger partial charge in [0.25, 0.3) is 0 Å². The lowest BCUT2D eigenvalue weighted by molar-refractivity contribution is -0.120. The van der Waals surface area contributed by atoms with Gasteiger partial charge in [0.2, 0.25) is 5.91 Å². The minimum absolute atomic E-state index is 0.0375. The Balaban J connectivity index is 2.26. The summed E-state index contributed by atoms with van der Waals surface area (Å²) in [6.07, 6.45) is 1.61. The van der Waals surface area contributed by atoms with Gasteiger partial charge in [-0.3, -0.25) is 4.79 Å². The summed E-state index contributed by atoms with van der Waals surface area (Å²) in [4.78, 5) is 12.5. The molecule has 0 aliphatic rings. The lowest BCUT2D eigenvalue weighted by Crippen LogP contribution is -2.32. The van der Waals surface area contributed by atoms with Gasteiger partial charge in [-0.25, -0.2) is 0 Å². The van der Waals surface area contributed by atoms with Crippen LogP contribution >= 0.6 is 27.3 Å². The fourth-order valence-electron chi connectivity index (χ4n) is 1.33. The average molecular weight is 306 g/mol. The summed E-state index contributed by atoms with van der Waals surface area (Å²) in [6, 6.07) is 3.86. The van der Waals surface area contributed by atoms with Crippen molar-refractivity contribution in [2.45, 2.75) is 32.3 Å². The Hall–Kier alpha value is -0.390. The Kier molecular flexibility index (Phi) is 6.01. The van der Waals surface area contributed by atoms with Gasteiger partial charge >= 0.3 is 0 Å². The maximum absolute atomic E-state index is 11.5. The molecule has 1 atom stereocenters. The summed E-state index contributed by atoms with van der Waals surface area (Å²) in [7, 11) is 0. The second kappa shape index (κ2) is 7.04. The molecule has 0 spiro atoms. The second-order valence-electron chi connectivity index (χ2n) is 3.63. The Morgan fingerprint density at radius 2 is 2.38 bits per heavy atom. The van der Waals surface area contributed by atoms with E-state index in [9.17, 15) is 9.90 Å². The van der Waals surface area contributed by atoms with Gasteiger partial charge in [0, 0.05) is 11.4 Å². The molecule has 1 heterocycles. The highest BCUT2D eigenvalue weighted by Crippen LogP contribution is 2.22. The van der Waals surface area contributed by atoms with Crippen molar-refractivity contribution in [1.29, 1.82) is 0 Å². The highest BCUT2D eigenvalue weighted by Gasteiger charge is 2.08. The average Bonchev–Trinajstić information content (AvgIpc) is 2.61. The highest BCUT2D eigenvalue weighted by atomic mass is 79.9. The van der Waals surface area contributed by atoms with E-state index in [-0.39, 0.29) is 5.91 Å². The number of carbonyl (C=O) groups is 1. The number of thiophene rings is 1. The number of amides is 1. The van der Waals surface area contributed by atoms with E-state index >= 15 is 0 Å². The predicted octanol–water partition coefficient (Wildman–Crippen LogP) is 2.33. The molecule has 0 radical (unpaired) electrons. The van der Waals surface area contributed by atoms with Crippen molar-refractivity contribution >= 4 is 33.2 Å². The fourth-order valence-corrected chi connectivity index (χ4v) is 2.82. The molecular weight excluding hydrogens is 290 g/mol. The molecule has 0 saturated heterocycles. The smallest absolute Gasteiger partial charge is 0.225 e. The van der Waals surface area contributed by atoms with Crippen molar-refractivity contribution in [3.8, 4) is 0 Å². The monoisotopic (exact) mass is 305 g/mol. The number of halogens is 1. The maximum Gasteiger partial charge on any atom is 0.225 e. The molecule has 2 N–H and O–H groups in total. The van der Waals surface area contributed by atoms with Crippen LogP contribution in [-0.2, 0) is 11.2 Å². The van der Waals surface area contributed by atoms with Crippen LogP contribution in [0, 0.1) is 0 Å². The first kappa shape index (κ1) is 13.7. The molecule has 0 aromatic carbocycles. The Morgan fingerprint density at radius 1 is 1.62 bits per heavy atom. The number of aliphatic hydroxyl groups is 1. The first-order valence-electron chi connectivity index (χ1n) is 5.30. The normalized spacial score (nSPS) is 12.4. The molecule has 0 aliphatic carbocycles. The fraction of sp³-hybridized carbons (Fsp3) is 0.545. The molecule has 0 aliphatic heterocycles. The van der Waals surface area contributed by atoms with Gasteiger partial charge in [-0.1, -0.05) is 13.3 Å². The molecule has 0 fully saturated rings. The largest absolute Gasteiger partial charge is 0.391 e. The van der Waals surface area contributed by atoms with E-state index in [1.165, 1.54) is 0 Å². The summed E-state index contributed by atoms with van der Waals surface area (Å²) in [5.41, 5.74) is 0. The number of hydrogen-bond acceptors (Lipinski definition) is 3. The zero-order chi connectivity index (χ0) is 12.0. The minimum Gasteiger partial charge on any atom is -0.391 e. The molecule has 5 heteroatoms. The van der Waals surface area contributed by atoms with Crippen molar-refractivity contribution < 1.29 is 9.90 Å². The van der Waals surface area contributed by atoms with Gasteiger partial charge < -0.3 is 10.4 Å². The zero-order valence-electron chi connectivity index (χ0n) is 9.20. The molecule has 1 amide bonds. The zero-order valence-corrected chi connectivity index (χ0v) is 11.6. The third-order valence-electron chi connectivity index (χ3n) is 2.12. The van der Waals surface area contributed by atoms with Crippen molar-refractivity contribution in [2.24, 2.45) is 0 Å². The Morgan fingerprint density at radius 3 is 2.94 bits per heavy atom. The van der Waals surface area contributed by atoms with Crippen molar-refractivity contribution in [1.82, 2.24) is 5.32 Å². The van der Waals surface area contributed by atoms with E-state index in [1.807, 2.05) is 19.1 Å². The van der Waals surface area contributed by atoms with E-state index in [4.69, 9.17) is 0 Å². The van der Waals surface area contributed by atoms with E-state index < -0.39 is 6.10 Å². The number of hydrogen-bond donors (Lipinski definition) is 2. The first-order chi connectivity index (χ1) is 7.61. The van der Waals surface area contributed by atoms with Crippen molar-refractivity contribution in [3.05, 3.63) is 20.8 Å². The molecule has 1 unspecified atom stereocenters. The standard InChI is InChI=1S/C11H16BrNO2S/c1-2-3-8(14)7-13-11(15)6-9-4-5-10(12)16-9/h4-5,8,14H,2-3,6-7H2,1H3,(H,13,15). The van der Waals surface area contributed by atoms with Crippen LogP contribution in [0.1, 0.15) is 24.6 Å². The lowest BCUT2D eigenvalue weighted by atomic mass is 10.2. The molecule has 0 saturated carbocycles. The first-order valence-corrected chi connectivity index (χ1v) is 6.91. The quantitative estimate of drug-likeness (QED) is 0.847. The predicted molar refractivity (Wildman–Crippen MR) is 69.6 cm³/mol. The molecule has 1 aromatic rings. The van der Waals surface area contributed by atoms with Crippen molar-refractivity contribution in [3.63, 3.8) is 0 Å². The Labute approximate surface area is 108 Å². The van der Waals surface area contributed by atoms with Crippen LogP contribution < -0.4 is 5.32 Å². The van der Waals surface area contributed by atoms with Gasteiger partial charge in [-0.15, -0.1) is 11.3 Å². The van der Waals surface area contributed by atoms with E-state index in [1.54, 1.807) is 11.3 Å². The molecule has 3 nitrogen and oxygen atoms in total. The Bertz CT molecular complexity index is 340. The van der Waals surface area contributed by atoms with Crippen LogP contribution in [0.2, 0.25) is 0 Å². The van der Waals surface area contributed by atoms with E-state index in [0.717, 1.165) is 21.5 Å². The number of nitrogens with one attached hydrogen (secondary N) is 1. The second-order valence-corrected chi connectivity index (χ2v) is 6.18. The maximum atomic E-state index is 11.5. The van der Waals surface area contributed by atoms with Gasteiger partial charge in [-0.05, 0) is 34.5 Å². The van der Waals surface area contributed by atoms with Crippen LogP contribution in [0.3, 0.4) is 0 Å². The van der Waals surface area contributed by atoms with Crippen LogP contribution in [0.25, 0.3) is 0 Å². The number of aliphatic hydroxyl groups excluding tert-OH is 1. The SMILES string of the molecule is CCCC(O)CNC(=O)Cc1ccc(Br)s1. The third-order valence-corrected chi connectivity index (χ3v) is 3.74. The topological polar surface area (TPSA) is 49.3 Å². The molecule has 16 heavy (non-hydrogen) atoms. The third kappa shape index (κ3) is 5.09. The number of rotatable bonds is 6. The van der Waals surface area contributed by atoms with Gasteiger partial charge in [0.1, 0.15) is 0 Å². The molecule has 0 bridgehead atoms. The van der Waals surface area contributed by atoms with Crippen molar-refractivity contribution in [2.75, 3.05) is 6.54 Å². The lowest BCUT2D eigenvalue weighted by Gasteiger charge is -2.10. The van der Waals surface area contributed by atoms with Crippen LogP contribution in [0.5, 0.6) is 0 Å². The summed E-state index contributed by atoms with van der Waals surface area (Å²) in [6.45, 7) is 2.35. The molecular formula is C11H16BrNO2S. The van der Waals surface area contributed by atoms with E-state index in [0.29, 0.717) is 13.0 Å². The highest BCUT2D eigenvalue weighted by molar-refractivity contribution is 9.11. The van der Waals surface area contributed by atoms with Gasteiger partial charge in [0.05, 0.1) is 16.3 Å². The van der Waals surface area contributed by atoms with Gasteiger partial charge in [0.15, 0.2) is 0 Å². The summed E-state index contributed by atoms with van der Waals surface area (Å²) >= 11 is 4.91. The summed E-state index contributed by atoms with van der Waals surface area (Å²) in [5, 5.41) is 12.2. The molecule has 1 aromatic heterocycles. The number of carbonyl (C=O) groups excluding carboxylic acids is 1. The van der Waals surface area contributed by atoms with E-state index in [2.05, 4.69) is 21.2 Å². The summed E-state index contributed by atoms with van der Waals surface area (Å²) in [5.74, 6) is -0.0375. The van der Waals surface area contributed by atoms with Crippen LogP contribution in [0.15, 0.2) is 15.9 Å². The summed E-state index contributed by atoms with van der Waals surface area (Å²) < 4.78 is 1.03. The molecule has 1 rings (SSSR count). The minimum atomic E-state index is -0.427. The molecule has 90 valence electrons. The van der Waals surface area contributed by atoms with Gasteiger partial charge in [-0.2, -0.15) is 0 Å².